The molecule has 1 aliphatic carbocycles. The largest absolute Gasteiger partial charge is 0.393 e. The Balaban J connectivity index is 1.83. The molecule has 3 N–H and O–H groups in total. The summed E-state index contributed by atoms with van der Waals surface area (Å²) in [5.41, 5.74) is 7.61. The third-order valence-corrected chi connectivity index (χ3v) is 4.14. The van der Waals surface area contributed by atoms with Crippen molar-refractivity contribution in [3.05, 3.63) is 38.9 Å². The van der Waals surface area contributed by atoms with Crippen LogP contribution in [-0.4, -0.2) is 9.91 Å². The third kappa shape index (κ3) is 2.24. The molecule has 0 radical (unpaired) electrons. The molecule has 1 aromatic heterocycles. The zero-order valence-electron chi connectivity index (χ0n) is 10.0. The van der Waals surface area contributed by atoms with Gasteiger partial charge in [-0.05, 0) is 31.4 Å². The molecule has 2 aromatic rings. The molecule has 0 aliphatic heterocycles. The van der Waals surface area contributed by atoms with Gasteiger partial charge in [0, 0.05) is 16.6 Å². The van der Waals surface area contributed by atoms with E-state index >= 15 is 0 Å². The van der Waals surface area contributed by atoms with Gasteiger partial charge in [0.15, 0.2) is 5.13 Å². The van der Waals surface area contributed by atoms with Gasteiger partial charge in [-0.2, -0.15) is 0 Å². The number of benzene rings is 1. The van der Waals surface area contributed by atoms with E-state index in [9.17, 15) is 10.1 Å². The summed E-state index contributed by atoms with van der Waals surface area (Å²) in [6.07, 6.45) is 3.31. The quantitative estimate of drug-likeness (QED) is 0.510. The Kier molecular flexibility index (Phi) is 2.83. The second kappa shape index (κ2) is 4.51. The molecule has 0 saturated heterocycles. The van der Waals surface area contributed by atoms with Crippen molar-refractivity contribution in [3.8, 4) is 0 Å². The summed E-state index contributed by atoms with van der Waals surface area (Å²) in [6.45, 7) is 0. The molecule has 3 rings (SSSR count). The van der Waals surface area contributed by atoms with Crippen LogP contribution in [0.3, 0.4) is 0 Å². The molecule has 0 unspecified atom stereocenters. The number of nitrogen functional groups attached to an aromatic ring is 1. The number of nitrogens with one attached hydrogen (secondary N) is 1. The van der Waals surface area contributed by atoms with Crippen LogP contribution in [0.2, 0.25) is 0 Å². The molecule has 6 nitrogen and oxygen atoms in total. The number of nitrogens with zero attached hydrogens (tertiary/aromatic N) is 2. The van der Waals surface area contributed by atoms with Gasteiger partial charge in [-0.1, -0.05) is 0 Å². The molecule has 0 amide bonds. The molecule has 0 fully saturated rings. The minimum atomic E-state index is -0.489. The van der Waals surface area contributed by atoms with E-state index in [0.29, 0.717) is 0 Å². The molecule has 19 heavy (non-hydrogen) atoms. The number of nitrogens with two attached hydrogens (primary N) is 1. The Labute approximate surface area is 113 Å². The van der Waals surface area contributed by atoms with Crippen molar-refractivity contribution < 1.29 is 4.92 Å². The van der Waals surface area contributed by atoms with Crippen LogP contribution in [0, 0.1) is 10.1 Å². The first-order valence-electron chi connectivity index (χ1n) is 5.93. The summed E-state index contributed by atoms with van der Waals surface area (Å²) < 4.78 is 0. The van der Waals surface area contributed by atoms with Gasteiger partial charge < -0.3 is 11.1 Å². The summed E-state index contributed by atoms with van der Waals surface area (Å²) in [6, 6.07) is 4.60. The van der Waals surface area contributed by atoms with Crippen LogP contribution in [0.4, 0.5) is 22.2 Å². The van der Waals surface area contributed by atoms with Gasteiger partial charge in [0.05, 0.1) is 10.6 Å². The number of nitro benzene ring substituents is 1. The summed E-state index contributed by atoms with van der Waals surface area (Å²) >= 11 is 1.64. The Morgan fingerprint density at radius 3 is 2.95 bits per heavy atom. The fourth-order valence-corrected chi connectivity index (χ4v) is 3.24. The van der Waals surface area contributed by atoms with Gasteiger partial charge in [0.1, 0.15) is 5.69 Å². The molecule has 1 aromatic carbocycles. The van der Waals surface area contributed by atoms with Gasteiger partial charge in [-0.15, -0.1) is 11.3 Å². The van der Waals surface area contributed by atoms with Crippen LogP contribution in [-0.2, 0) is 12.8 Å². The molecule has 1 aliphatic rings. The molecular weight excluding hydrogens is 264 g/mol. The van der Waals surface area contributed by atoms with Crippen molar-refractivity contribution in [2.24, 2.45) is 0 Å². The minimum absolute atomic E-state index is 0.0767. The lowest BCUT2D eigenvalue weighted by Crippen LogP contribution is -1.97. The zero-order valence-corrected chi connectivity index (χ0v) is 10.9. The zero-order chi connectivity index (χ0) is 13.4. The maximum Gasteiger partial charge on any atom is 0.292 e. The number of hydrogen-bond donors (Lipinski definition) is 2. The second-order valence-electron chi connectivity index (χ2n) is 4.40. The van der Waals surface area contributed by atoms with Crippen LogP contribution in [0.15, 0.2) is 18.2 Å². The third-order valence-electron chi connectivity index (χ3n) is 3.07. The highest BCUT2D eigenvalue weighted by Gasteiger charge is 2.17. The van der Waals surface area contributed by atoms with E-state index in [1.54, 1.807) is 23.5 Å². The van der Waals surface area contributed by atoms with Crippen LogP contribution in [0.5, 0.6) is 0 Å². The first-order valence-corrected chi connectivity index (χ1v) is 6.74. The predicted molar refractivity (Wildman–Crippen MR) is 74.9 cm³/mol. The normalized spacial score (nSPS) is 13.3. The van der Waals surface area contributed by atoms with Crippen LogP contribution in [0.25, 0.3) is 0 Å². The number of aromatic nitrogens is 1. The first-order chi connectivity index (χ1) is 9.13. The number of nitro groups is 1. The molecule has 0 atom stereocenters. The molecular formula is C12H12N4O2S. The standard InChI is InChI=1S/C12H12N4O2S/c13-8-6-7(4-5-10(8)16(17)18)14-12-15-9-2-1-3-11(9)19-12/h4-6H,1-3,13H2,(H,14,15). The van der Waals surface area contributed by atoms with Gasteiger partial charge in [0.25, 0.3) is 5.69 Å². The van der Waals surface area contributed by atoms with Crippen LogP contribution in [0.1, 0.15) is 17.0 Å². The average Bonchev–Trinajstić information content (AvgIpc) is 2.89. The van der Waals surface area contributed by atoms with Gasteiger partial charge >= 0.3 is 0 Å². The SMILES string of the molecule is Nc1cc(Nc2nc3c(s2)CCC3)ccc1[N+](=O)[O-]. The molecule has 7 heteroatoms. The predicted octanol–water partition coefficient (Wildman–Crippen LogP) is 2.87. The first kappa shape index (κ1) is 11.9. The number of thiazole rings is 1. The van der Waals surface area contributed by atoms with E-state index in [4.69, 9.17) is 5.73 Å². The lowest BCUT2D eigenvalue weighted by molar-refractivity contribution is -0.383. The Bertz CT molecular complexity index is 632. The monoisotopic (exact) mass is 276 g/mol. The smallest absolute Gasteiger partial charge is 0.292 e. The molecule has 98 valence electrons. The number of fused-ring (bicyclic) bond motifs is 1. The van der Waals surface area contributed by atoms with Crippen LogP contribution < -0.4 is 11.1 Å². The van der Waals surface area contributed by atoms with E-state index in [1.807, 2.05) is 0 Å². The summed E-state index contributed by atoms with van der Waals surface area (Å²) in [4.78, 5) is 16.0. The maximum atomic E-state index is 10.7. The highest BCUT2D eigenvalue weighted by atomic mass is 32.1. The number of rotatable bonds is 3. The summed E-state index contributed by atoms with van der Waals surface area (Å²) in [5, 5.41) is 14.6. The van der Waals surface area contributed by atoms with E-state index in [-0.39, 0.29) is 11.4 Å². The van der Waals surface area contributed by atoms with Gasteiger partial charge in [-0.25, -0.2) is 4.98 Å². The second-order valence-corrected chi connectivity index (χ2v) is 5.48. The lowest BCUT2D eigenvalue weighted by Gasteiger charge is -2.04. The molecule has 0 bridgehead atoms. The molecule has 0 spiro atoms. The highest BCUT2D eigenvalue weighted by molar-refractivity contribution is 7.15. The van der Waals surface area contributed by atoms with Crippen molar-refractivity contribution in [1.82, 2.24) is 4.98 Å². The van der Waals surface area contributed by atoms with E-state index < -0.39 is 4.92 Å². The Morgan fingerprint density at radius 1 is 1.42 bits per heavy atom. The van der Waals surface area contributed by atoms with Crippen molar-refractivity contribution in [2.75, 3.05) is 11.1 Å². The summed E-state index contributed by atoms with van der Waals surface area (Å²) in [7, 11) is 0. The van der Waals surface area contributed by atoms with Crippen molar-refractivity contribution in [3.63, 3.8) is 0 Å². The number of hydrogen-bond acceptors (Lipinski definition) is 6. The van der Waals surface area contributed by atoms with Crippen molar-refractivity contribution in [2.45, 2.75) is 19.3 Å². The Hall–Kier alpha value is -2.15. The minimum Gasteiger partial charge on any atom is -0.393 e. The molecule has 0 saturated carbocycles. The lowest BCUT2D eigenvalue weighted by atomic mass is 10.2. The highest BCUT2D eigenvalue weighted by Crippen LogP contribution is 2.33. The van der Waals surface area contributed by atoms with Gasteiger partial charge in [0.2, 0.25) is 0 Å². The van der Waals surface area contributed by atoms with Crippen molar-refractivity contribution >= 4 is 33.5 Å². The average molecular weight is 276 g/mol. The fraction of sp³-hybridized carbons (Fsp3) is 0.250. The van der Waals surface area contributed by atoms with Crippen LogP contribution >= 0.6 is 11.3 Å². The topological polar surface area (TPSA) is 94.1 Å². The molecule has 1 heterocycles. The number of anilines is 3. The summed E-state index contributed by atoms with van der Waals surface area (Å²) in [5.74, 6) is 0. The van der Waals surface area contributed by atoms with E-state index in [0.717, 1.165) is 23.7 Å². The Morgan fingerprint density at radius 2 is 2.26 bits per heavy atom. The van der Waals surface area contributed by atoms with E-state index in [2.05, 4.69) is 10.3 Å². The van der Waals surface area contributed by atoms with Crippen molar-refractivity contribution in [1.29, 1.82) is 0 Å². The number of aryl methyl sites for hydroxylation is 2. The van der Waals surface area contributed by atoms with Gasteiger partial charge in [-0.3, -0.25) is 10.1 Å². The maximum absolute atomic E-state index is 10.7. The van der Waals surface area contributed by atoms with E-state index in [1.165, 1.54) is 23.1 Å². The fourth-order valence-electron chi connectivity index (χ4n) is 2.17.